The van der Waals surface area contributed by atoms with E-state index in [0.29, 0.717) is 19.3 Å². The first-order chi connectivity index (χ1) is 11.0. The highest BCUT2D eigenvalue weighted by atomic mass is 16.5. The van der Waals surface area contributed by atoms with Gasteiger partial charge in [0.15, 0.2) is 5.78 Å². The maximum atomic E-state index is 11.9. The molecule has 6 heteroatoms. The van der Waals surface area contributed by atoms with Gasteiger partial charge in [-0.25, -0.2) is 4.79 Å². The number of hydrogen-bond acceptors (Lipinski definition) is 5. The lowest BCUT2D eigenvalue weighted by atomic mass is 9.94. The van der Waals surface area contributed by atoms with E-state index in [1.807, 2.05) is 30.3 Å². The van der Waals surface area contributed by atoms with Gasteiger partial charge in [0.25, 0.3) is 0 Å². The van der Waals surface area contributed by atoms with E-state index in [9.17, 15) is 14.4 Å². The monoisotopic (exact) mass is 319 g/mol. The van der Waals surface area contributed by atoms with Crippen molar-refractivity contribution in [2.75, 3.05) is 13.7 Å². The van der Waals surface area contributed by atoms with Crippen LogP contribution in [0.1, 0.15) is 37.9 Å². The molecule has 0 saturated carbocycles. The number of rotatable bonds is 4. The minimum absolute atomic E-state index is 0.00963. The summed E-state index contributed by atoms with van der Waals surface area (Å²) >= 11 is 0. The SMILES string of the molecule is COC(=O)N1CC(=O)CC[C@H]1C[C@H](OC(C)=O)c1ccccc1. The molecule has 1 heterocycles. The van der Waals surface area contributed by atoms with E-state index >= 15 is 0 Å². The number of piperidine rings is 1. The molecule has 0 spiro atoms. The molecule has 1 saturated heterocycles. The van der Waals surface area contributed by atoms with Crippen LogP contribution in [0, 0.1) is 0 Å². The molecular formula is C17H21NO5. The number of nitrogens with zero attached hydrogens (tertiary/aromatic N) is 1. The summed E-state index contributed by atoms with van der Waals surface area (Å²) in [4.78, 5) is 36.4. The third-order valence-electron chi connectivity index (χ3n) is 3.92. The number of Topliss-reactive ketones (excluding diaryl/α,β-unsaturated/α-hetero) is 1. The summed E-state index contributed by atoms with van der Waals surface area (Å²) < 4.78 is 10.2. The van der Waals surface area contributed by atoms with E-state index in [2.05, 4.69) is 0 Å². The Hall–Kier alpha value is -2.37. The van der Waals surface area contributed by atoms with Crippen LogP contribution in [-0.4, -0.2) is 42.4 Å². The second-order valence-electron chi connectivity index (χ2n) is 5.57. The second kappa shape index (κ2) is 7.76. The summed E-state index contributed by atoms with van der Waals surface area (Å²) in [6, 6.07) is 9.18. The first-order valence-corrected chi connectivity index (χ1v) is 7.59. The van der Waals surface area contributed by atoms with Gasteiger partial charge in [-0.3, -0.25) is 14.5 Å². The van der Waals surface area contributed by atoms with Crippen LogP contribution in [0.4, 0.5) is 4.79 Å². The fourth-order valence-corrected chi connectivity index (χ4v) is 2.82. The Morgan fingerprint density at radius 1 is 1.30 bits per heavy atom. The van der Waals surface area contributed by atoms with Crippen LogP contribution in [0.2, 0.25) is 0 Å². The summed E-state index contributed by atoms with van der Waals surface area (Å²) in [7, 11) is 1.29. The zero-order valence-corrected chi connectivity index (χ0v) is 13.4. The number of likely N-dealkylation sites (tertiary alicyclic amines) is 1. The van der Waals surface area contributed by atoms with Crippen molar-refractivity contribution in [1.29, 1.82) is 0 Å². The predicted octanol–water partition coefficient (Wildman–Crippen LogP) is 2.48. The molecule has 0 aromatic heterocycles. The van der Waals surface area contributed by atoms with Crippen molar-refractivity contribution in [3.8, 4) is 0 Å². The van der Waals surface area contributed by atoms with Crippen molar-refractivity contribution in [2.45, 2.75) is 38.3 Å². The quantitative estimate of drug-likeness (QED) is 0.797. The lowest BCUT2D eigenvalue weighted by Gasteiger charge is -2.35. The van der Waals surface area contributed by atoms with Gasteiger partial charge in [0.1, 0.15) is 6.10 Å². The lowest BCUT2D eigenvalue weighted by Crippen LogP contribution is -2.48. The fraction of sp³-hybridized carbons (Fsp3) is 0.471. The summed E-state index contributed by atoms with van der Waals surface area (Å²) in [6.07, 6.45) is 0.404. The highest BCUT2D eigenvalue weighted by Crippen LogP contribution is 2.29. The van der Waals surface area contributed by atoms with Gasteiger partial charge in [0.05, 0.1) is 13.7 Å². The number of ether oxygens (including phenoxy) is 2. The Morgan fingerprint density at radius 2 is 2.00 bits per heavy atom. The van der Waals surface area contributed by atoms with Crippen molar-refractivity contribution >= 4 is 17.8 Å². The van der Waals surface area contributed by atoms with Gasteiger partial charge in [-0.2, -0.15) is 0 Å². The fourth-order valence-electron chi connectivity index (χ4n) is 2.82. The van der Waals surface area contributed by atoms with Crippen LogP contribution in [0.5, 0.6) is 0 Å². The van der Waals surface area contributed by atoms with Crippen LogP contribution < -0.4 is 0 Å². The molecule has 0 unspecified atom stereocenters. The molecule has 1 fully saturated rings. The van der Waals surface area contributed by atoms with Crippen molar-refractivity contribution in [2.24, 2.45) is 0 Å². The van der Waals surface area contributed by atoms with Crippen molar-refractivity contribution in [3.05, 3.63) is 35.9 Å². The number of esters is 1. The lowest BCUT2D eigenvalue weighted by molar-refractivity contribution is -0.148. The molecule has 1 aromatic rings. The van der Waals surface area contributed by atoms with Gasteiger partial charge >= 0.3 is 12.1 Å². The highest BCUT2D eigenvalue weighted by molar-refractivity contribution is 5.85. The van der Waals surface area contributed by atoms with Crippen molar-refractivity contribution in [3.63, 3.8) is 0 Å². The molecule has 6 nitrogen and oxygen atoms in total. The van der Waals surface area contributed by atoms with E-state index in [1.54, 1.807) is 0 Å². The summed E-state index contributed by atoms with van der Waals surface area (Å²) in [5.74, 6) is -0.370. The summed E-state index contributed by atoms with van der Waals surface area (Å²) in [6.45, 7) is 1.40. The number of carbonyl (C=O) groups is 3. The largest absolute Gasteiger partial charge is 0.458 e. The Labute approximate surface area is 135 Å². The minimum atomic E-state index is -0.530. The Kier molecular flexibility index (Phi) is 5.73. The number of amides is 1. The van der Waals surface area contributed by atoms with Gasteiger partial charge in [-0.05, 0) is 12.0 Å². The van der Waals surface area contributed by atoms with E-state index in [4.69, 9.17) is 9.47 Å². The van der Waals surface area contributed by atoms with Gasteiger partial charge in [-0.1, -0.05) is 30.3 Å². The summed E-state index contributed by atoms with van der Waals surface area (Å²) in [5, 5.41) is 0. The van der Waals surface area contributed by atoms with Crippen LogP contribution in [0.25, 0.3) is 0 Å². The first-order valence-electron chi connectivity index (χ1n) is 7.59. The third-order valence-corrected chi connectivity index (χ3v) is 3.92. The number of carbonyl (C=O) groups excluding carboxylic acids is 3. The topological polar surface area (TPSA) is 72.9 Å². The molecule has 1 amide bonds. The average Bonchev–Trinajstić information content (AvgIpc) is 2.55. The van der Waals surface area contributed by atoms with E-state index in [-0.39, 0.29) is 24.3 Å². The maximum Gasteiger partial charge on any atom is 0.410 e. The average molecular weight is 319 g/mol. The van der Waals surface area contributed by atoms with Crippen LogP contribution in [-0.2, 0) is 19.1 Å². The van der Waals surface area contributed by atoms with Crippen molar-refractivity contribution in [1.82, 2.24) is 4.90 Å². The molecule has 2 rings (SSSR count). The van der Waals surface area contributed by atoms with Crippen LogP contribution in [0.3, 0.4) is 0 Å². The minimum Gasteiger partial charge on any atom is -0.458 e. The maximum absolute atomic E-state index is 11.9. The molecule has 1 aromatic carbocycles. The normalized spacial score (nSPS) is 19.1. The molecule has 1 aliphatic heterocycles. The van der Waals surface area contributed by atoms with E-state index in [0.717, 1.165) is 5.56 Å². The number of hydrogen-bond donors (Lipinski definition) is 0. The van der Waals surface area contributed by atoms with Gasteiger partial charge in [0.2, 0.25) is 0 Å². The predicted molar refractivity (Wildman–Crippen MR) is 82.7 cm³/mol. The Morgan fingerprint density at radius 3 is 2.61 bits per heavy atom. The van der Waals surface area contributed by atoms with Gasteiger partial charge in [-0.15, -0.1) is 0 Å². The van der Waals surface area contributed by atoms with Gasteiger partial charge < -0.3 is 9.47 Å². The van der Waals surface area contributed by atoms with Crippen LogP contribution >= 0.6 is 0 Å². The van der Waals surface area contributed by atoms with E-state index in [1.165, 1.54) is 18.9 Å². The number of methoxy groups -OCH3 is 1. The molecule has 0 bridgehead atoms. The number of ketones is 1. The molecule has 2 atom stereocenters. The van der Waals surface area contributed by atoms with E-state index < -0.39 is 12.2 Å². The molecular weight excluding hydrogens is 298 g/mol. The highest BCUT2D eigenvalue weighted by Gasteiger charge is 2.34. The van der Waals surface area contributed by atoms with Gasteiger partial charge in [0, 0.05) is 25.8 Å². The summed E-state index contributed by atoms with van der Waals surface area (Å²) in [5.41, 5.74) is 0.865. The van der Waals surface area contributed by atoms with Crippen molar-refractivity contribution < 1.29 is 23.9 Å². The third kappa shape index (κ3) is 4.55. The zero-order chi connectivity index (χ0) is 16.8. The Balaban J connectivity index is 2.18. The zero-order valence-electron chi connectivity index (χ0n) is 13.4. The molecule has 23 heavy (non-hydrogen) atoms. The molecule has 0 radical (unpaired) electrons. The smallest absolute Gasteiger partial charge is 0.410 e. The van der Waals surface area contributed by atoms with Crippen LogP contribution in [0.15, 0.2) is 30.3 Å². The molecule has 1 aliphatic rings. The first kappa shape index (κ1) is 17.0. The number of benzene rings is 1. The Bertz CT molecular complexity index is 572. The molecule has 0 N–H and O–H groups in total. The molecule has 124 valence electrons. The molecule has 0 aliphatic carbocycles. The standard InChI is InChI=1S/C17H21NO5/c1-12(19)23-16(13-6-4-3-5-7-13)10-14-8-9-15(20)11-18(14)17(21)22-2/h3-7,14,16H,8-11H2,1-2H3/t14-,16-/m0/s1. The second-order valence-corrected chi connectivity index (χ2v) is 5.57.